The molecule has 16 heavy (non-hydrogen) atoms. The Bertz CT molecular complexity index is 413. The van der Waals surface area contributed by atoms with E-state index in [1.54, 1.807) is 0 Å². The second-order valence-corrected chi connectivity index (χ2v) is 3.43. The second kappa shape index (κ2) is 4.03. The van der Waals surface area contributed by atoms with E-state index in [2.05, 4.69) is 0 Å². The minimum atomic E-state index is -4.47. The van der Waals surface area contributed by atoms with E-state index in [9.17, 15) is 18.0 Å². The third-order valence-corrected chi connectivity index (χ3v) is 2.04. The molecular formula is C10H10F3NO2. The molecule has 0 amide bonds. The molecule has 0 aliphatic carbocycles. The summed E-state index contributed by atoms with van der Waals surface area (Å²) in [5, 5.41) is 8.80. The van der Waals surface area contributed by atoms with Gasteiger partial charge in [-0.15, -0.1) is 0 Å². The molecule has 0 spiro atoms. The number of alkyl halides is 3. The lowest BCUT2D eigenvalue weighted by Gasteiger charge is -2.17. The Labute approximate surface area is 90.1 Å². The van der Waals surface area contributed by atoms with E-state index in [0.717, 1.165) is 18.2 Å². The summed E-state index contributed by atoms with van der Waals surface area (Å²) >= 11 is 0. The van der Waals surface area contributed by atoms with Gasteiger partial charge in [-0.05, 0) is 18.2 Å². The van der Waals surface area contributed by atoms with Crippen molar-refractivity contribution in [1.82, 2.24) is 0 Å². The molecule has 88 valence electrons. The van der Waals surface area contributed by atoms with E-state index in [4.69, 9.17) is 5.11 Å². The number of anilines is 1. The number of benzene rings is 1. The molecule has 1 N–H and O–H groups in total. The standard InChI is InChI=1S/C10H10F3NO2/c1-14(2)8-5-6(10(11,12)13)3-4-7(8)9(15)16/h3-5H,1-2H3,(H,15,16). The van der Waals surface area contributed by atoms with Gasteiger partial charge in [0.15, 0.2) is 0 Å². The molecule has 0 heterocycles. The summed E-state index contributed by atoms with van der Waals surface area (Å²) in [4.78, 5) is 12.1. The summed E-state index contributed by atoms with van der Waals surface area (Å²) in [6, 6.07) is 2.54. The van der Waals surface area contributed by atoms with Crippen molar-refractivity contribution >= 4 is 11.7 Å². The zero-order chi connectivity index (χ0) is 12.5. The van der Waals surface area contributed by atoms with Crippen LogP contribution in [0.1, 0.15) is 15.9 Å². The van der Waals surface area contributed by atoms with Gasteiger partial charge in [0.2, 0.25) is 0 Å². The van der Waals surface area contributed by atoms with Crippen molar-refractivity contribution in [2.75, 3.05) is 19.0 Å². The molecule has 1 aromatic rings. The van der Waals surface area contributed by atoms with E-state index >= 15 is 0 Å². The number of carboxylic acids is 1. The van der Waals surface area contributed by atoms with Crippen LogP contribution in [0.5, 0.6) is 0 Å². The number of carboxylic acid groups (broad SMARTS) is 1. The first kappa shape index (κ1) is 12.4. The van der Waals surface area contributed by atoms with Gasteiger partial charge in [0.05, 0.1) is 16.8 Å². The first-order valence-corrected chi connectivity index (χ1v) is 4.35. The average molecular weight is 233 g/mol. The maximum atomic E-state index is 12.4. The number of carbonyl (C=O) groups is 1. The predicted molar refractivity (Wildman–Crippen MR) is 52.7 cm³/mol. The lowest BCUT2D eigenvalue weighted by molar-refractivity contribution is -0.137. The summed E-state index contributed by atoms with van der Waals surface area (Å²) in [5.41, 5.74) is -0.985. The van der Waals surface area contributed by atoms with Crippen molar-refractivity contribution in [2.45, 2.75) is 6.18 Å². The summed E-state index contributed by atoms with van der Waals surface area (Å²) in [5.74, 6) is -1.25. The maximum Gasteiger partial charge on any atom is 0.416 e. The third kappa shape index (κ3) is 2.44. The molecular weight excluding hydrogens is 223 g/mol. The van der Waals surface area contributed by atoms with Gasteiger partial charge < -0.3 is 10.0 Å². The zero-order valence-electron chi connectivity index (χ0n) is 8.67. The highest BCUT2D eigenvalue weighted by atomic mass is 19.4. The minimum Gasteiger partial charge on any atom is -0.478 e. The molecule has 0 atom stereocenters. The van der Waals surface area contributed by atoms with E-state index in [1.807, 2.05) is 0 Å². The molecule has 3 nitrogen and oxygen atoms in total. The molecule has 0 saturated carbocycles. The van der Waals surface area contributed by atoms with Crippen LogP contribution >= 0.6 is 0 Å². The van der Waals surface area contributed by atoms with Crippen molar-refractivity contribution in [3.8, 4) is 0 Å². The first-order chi connectivity index (χ1) is 7.23. The fourth-order valence-electron chi connectivity index (χ4n) is 1.26. The van der Waals surface area contributed by atoms with Crippen LogP contribution in [0.15, 0.2) is 18.2 Å². The summed E-state index contributed by atoms with van der Waals surface area (Å²) in [6.45, 7) is 0. The number of rotatable bonds is 2. The lowest BCUT2D eigenvalue weighted by Crippen LogP contribution is -2.16. The highest BCUT2D eigenvalue weighted by Crippen LogP contribution is 2.32. The minimum absolute atomic E-state index is 0.0299. The zero-order valence-corrected chi connectivity index (χ0v) is 8.67. The quantitative estimate of drug-likeness (QED) is 0.853. The van der Waals surface area contributed by atoms with Gasteiger partial charge in [0.25, 0.3) is 0 Å². The molecule has 0 bridgehead atoms. The Balaban J connectivity index is 3.34. The van der Waals surface area contributed by atoms with Crippen molar-refractivity contribution in [2.24, 2.45) is 0 Å². The highest BCUT2D eigenvalue weighted by Gasteiger charge is 2.31. The van der Waals surface area contributed by atoms with Crippen LogP contribution in [0.2, 0.25) is 0 Å². The summed E-state index contributed by atoms with van der Waals surface area (Å²) in [6.07, 6.45) is -4.47. The third-order valence-electron chi connectivity index (χ3n) is 2.04. The van der Waals surface area contributed by atoms with Gasteiger partial charge >= 0.3 is 12.1 Å². The Morgan fingerprint density at radius 3 is 2.25 bits per heavy atom. The van der Waals surface area contributed by atoms with E-state index < -0.39 is 17.7 Å². The number of hydrogen-bond donors (Lipinski definition) is 1. The van der Waals surface area contributed by atoms with Gasteiger partial charge in [0.1, 0.15) is 0 Å². The molecule has 1 aromatic carbocycles. The normalized spacial score (nSPS) is 11.3. The van der Waals surface area contributed by atoms with Crippen molar-refractivity contribution in [3.63, 3.8) is 0 Å². The Hall–Kier alpha value is -1.72. The molecule has 1 rings (SSSR count). The SMILES string of the molecule is CN(C)c1cc(C(F)(F)F)ccc1C(=O)O. The van der Waals surface area contributed by atoms with Crippen molar-refractivity contribution in [3.05, 3.63) is 29.3 Å². The van der Waals surface area contributed by atoms with Crippen LogP contribution in [0.4, 0.5) is 18.9 Å². The van der Waals surface area contributed by atoms with Crippen LogP contribution in [0.25, 0.3) is 0 Å². The lowest BCUT2D eigenvalue weighted by atomic mass is 10.1. The molecule has 6 heteroatoms. The van der Waals surface area contributed by atoms with Gasteiger partial charge in [-0.2, -0.15) is 13.2 Å². The van der Waals surface area contributed by atoms with Crippen LogP contribution < -0.4 is 4.90 Å². The number of nitrogens with zero attached hydrogens (tertiary/aromatic N) is 1. The van der Waals surface area contributed by atoms with Crippen molar-refractivity contribution < 1.29 is 23.1 Å². The van der Waals surface area contributed by atoms with Gasteiger partial charge in [-0.1, -0.05) is 0 Å². The average Bonchev–Trinajstić information content (AvgIpc) is 2.15. The fourth-order valence-corrected chi connectivity index (χ4v) is 1.26. The smallest absolute Gasteiger partial charge is 0.416 e. The summed E-state index contributed by atoms with van der Waals surface area (Å²) in [7, 11) is 2.98. The molecule has 0 aliphatic heterocycles. The first-order valence-electron chi connectivity index (χ1n) is 4.35. The van der Waals surface area contributed by atoms with Gasteiger partial charge in [-0.3, -0.25) is 0 Å². The van der Waals surface area contributed by atoms with E-state index in [-0.39, 0.29) is 11.3 Å². The maximum absolute atomic E-state index is 12.4. The van der Waals surface area contributed by atoms with Crippen LogP contribution in [-0.4, -0.2) is 25.2 Å². The number of aromatic carboxylic acids is 1. The van der Waals surface area contributed by atoms with Crippen molar-refractivity contribution in [1.29, 1.82) is 0 Å². The van der Waals surface area contributed by atoms with Crippen LogP contribution in [-0.2, 0) is 6.18 Å². The van der Waals surface area contributed by atoms with Gasteiger partial charge in [-0.25, -0.2) is 4.79 Å². The monoisotopic (exact) mass is 233 g/mol. The van der Waals surface area contributed by atoms with Crippen LogP contribution in [0, 0.1) is 0 Å². The molecule has 0 aliphatic rings. The number of hydrogen-bond acceptors (Lipinski definition) is 2. The Morgan fingerprint density at radius 2 is 1.88 bits per heavy atom. The second-order valence-electron chi connectivity index (χ2n) is 3.43. The van der Waals surface area contributed by atoms with E-state index in [1.165, 1.54) is 19.0 Å². The predicted octanol–water partition coefficient (Wildman–Crippen LogP) is 2.47. The van der Waals surface area contributed by atoms with E-state index in [0.29, 0.717) is 0 Å². The Morgan fingerprint density at radius 1 is 1.31 bits per heavy atom. The summed E-state index contributed by atoms with van der Waals surface area (Å²) < 4.78 is 37.2. The van der Waals surface area contributed by atoms with Gasteiger partial charge in [0, 0.05) is 14.1 Å². The highest BCUT2D eigenvalue weighted by molar-refractivity contribution is 5.94. The molecule has 0 unspecified atom stereocenters. The van der Waals surface area contributed by atoms with Crippen LogP contribution in [0.3, 0.4) is 0 Å². The largest absolute Gasteiger partial charge is 0.478 e. The topological polar surface area (TPSA) is 40.5 Å². The Kier molecular flexibility index (Phi) is 3.11. The molecule has 0 aromatic heterocycles. The molecule has 0 saturated heterocycles. The molecule has 0 radical (unpaired) electrons. The number of halogens is 3. The fraction of sp³-hybridized carbons (Fsp3) is 0.300. The molecule has 0 fully saturated rings.